The van der Waals surface area contributed by atoms with Crippen molar-refractivity contribution in [1.29, 1.82) is 5.26 Å². The van der Waals surface area contributed by atoms with Crippen LogP contribution in [0.5, 0.6) is 5.75 Å². The van der Waals surface area contributed by atoms with E-state index in [0.29, 0.717) is 36.5 Å². The molecule has 0 radical (unpaired) electrons. The number of ether oxygens (including phenoxy) is 1. The van der Waals surface area contributed by atoms with Gasteiger partial charge >= 0.3 is 0 Å². The maximum Gasteiger partial charge on any atom is 0.275 e. The van der Waals surface area contributed by atoms with Crippen LogP contribution in [0.2, 0.25) is 5.15 Å². The summed E-state index contributed by atoms with van der Waals surface area (Å²) in [6.45, 7) is 0.942. The maximum atomic E-state index is 14.3. The minimum absolute atomic E-state index is 0.0614. The van der Waals surface area contributed by atoms with E-state index >= 15 is 0 Å². The van der Waals surface area contributed by atoms with Gasteiger partial charge in [0.1, 0.15) is 28.6 Å². The number of likely N-dealkylation sites (tertiary alicyclic amines) is 1. The molecule has 1 amide bonds. The van der Waals surface area contributed by atoms with Crippen LogP contribution in [-0.2, 0) is 0 Å². The Hall–Kier alpha value is -3.41. The summed E-state index contributed by atoms with van der Waals surface area (Å²) < 4.78 is 21.1. The fourth-order valence-electron chi connectivity index (χ4n) is 3.56. The lowest BCUT2D eigenvalue weighted by molar-refractivity contribution is 0.0786. The molecular weight excluding hydrogens is 421 g/mol. The Labute approximate surface area is 183 Å². The summed E-state index contributed by atoms with van der Waals surface area (Å²) in [5, 5.41) is 9.13. The number of imidazole rings is 1. The molecule has 2 N–H and O–H groups in total. The molecule has 7 nitrogen and oxygen atoms in total. The Morgan fingerprint density at radius 3 is 2.65 bits per heavy atom. The summed E-state index contributed by atoms with van der Waals surface area (Å²) in [6.07, 6.45) is 0.705. The van der Waals surface area contributed by atoms with Gasteiger partial charge in [-0.05, 0) is 48.9 Å². The van der Waals surface area contributed by atoms with Crippen molar-refractivity contribution < 1.29 is 13.9 Å². The van der Waals surface area contributed by atoms with Gasteiger partial charge in [0.2, 0.25) is 0 Å². The number of hydrogen-bond acceptors (Lipinski definition) is 5. The van der Waals surface area contributed by atoms with Crippen molar-refractivity contribution in [3.8, 4) is 28.9 Å². The quantitative estimate of drug-likeness (QED) is 0.672. The summed E-state index contributed by atoms with van der Waals surface area (Å²) in [5.41, 5.74) is 6.91. The summed E-state index contributed by atoms with van der Waals surface area (Å²) in [6, 6.07) is 12.9. The third kappa shape index (κ3) is 3.85. The fraction of sp³-hybridized carbons (Fsp3) is 0.227. The van der Waals surface area contributed by atoms with Crippen LogP contribution in [-0.4, -0.2) is 46.6 Å². The first kappa shape index (κ1) is 20.8. The first-order valence-electron chi connectivity index (χ1n) is 9.60. The van der Waals surface area contributed by atoms with Gasteiger partial charge in [-0.2, -0.15) is 5.26 Å². The molecule has 0 bridgehead atoms. The summed E-state index contributed by atoms with van der Waals surface area (Å²) in [7, 11) is 1.56. The number of methoxy groups -OCH3 is 1. The van der Waals surface area contributed by atoms with Crippen LogP contribution < -0.4 is 10.5 Å². The summed E-state index contributed by atoms with van der Waals surface area (Å²) in [5.74, 6) is -0.0851. The zero-order chi connectivity index (χ0) is 22.1. The number of benzene rings is 2. The second-order valence-electron chi connectivity index (χ2n) is 7.21. The van der Waals surface area contributed by atoms with Gasteiger partial charge in [0.15, 0.2) is 5.69 Å². The van der Waals surface area contributed by atoms with Crippen molar-refractivity contribution in [2.75, 3.05) is 20.2 Å². The van der Waals surface area contributed by atoms with Crippen LogP contribution >= 0.6 is 11.6 Å². The van der Waals surface area contributed by atoms with Crippen molar-refractivity contribution in [1.82, 2.24) is 14.5 Å². The zero-order valence-electron chi connectivity index (χ0n) is 16.7. The molecule has 3 aromatic rings. The first-order chi connectivity index (χ1) is 14.9. The second kappa shape index (κ2) is 8.38. The van der Waals surface area contributed by atoms with E-state index in [0.717, 1.165) is 0 Å². The molecule has 158 valence electrons. The Morgan fingerprint density at radius 2 is 2.06 bits per heavy atom. The highest BCUT2D eigenvalue weighted by molar-refractivity contribution is 6.33. The van der Waals surface area contributed by atoms with Crippen molar-refractivity contribution in [3.05, 3.63) is 64.7 Å². The maximum absolute atomic E-state index is 14.3. The highest BCUT2D eigenvalue weighted by atomic mass is 35.5. The monoisotopic (exact) mass is 439 g/mol. The van der Waals surface area contributed by atoms with Crippen LogP contribution in [0.1, 0.15) is 22.5 Å². The summed E-state index contributed by atoms with van der Waals surface area (Å²) in [4.78, 5) is 19.2. The van der Waals surface area contributed by atoms with E-state index in [2.05, 4.69) is 4.98 Å². The molecule has 1 aromatic heterocycles. The number of nitriles is 1. The zero-order valence-corrected chi connectivity index (χ0v) is 17.4. The van der Waals surface area contributed by atoms with Crippen LogP contribution in [0.15, 0.2) is 42.5 Å². The Kier molecular flexibility index (Phi) is 5.63. The molecule has 1 aliphatic heterocycles. The van der Waals surface area contributed by atoms with Crippen LogP contribution in [0, 0.1) is 17.1 Å². The predicted octanol–water partition coefficient (Wildman–Crippen LogP) is 3.39. The van der Waals surface area contributed by atoms with E-state index in [1.807, 2.05) is 0 Å². The van der Waals surface area contributed by atoms with E-state index in [9.17, 15) is 9.18 Å². The average Bonchev–Trinajstić information content (AvgIpc) is 3.36. The standard InChI is InChI=1S/C22H19ClFN5O2/c1-31-17-6-4-16(5-7-17)29-20(23)19(22(30)28-9-8-15(26)12-28)27-21(29)13-2-3-14(11-25)18(24)10-13/h2-7,10,15H,8-9,12,26H2,1H3/t15-/m0/s1. The molecule has 9 heteroatoms. The SMILES string of the molecule is COc1ccc(-n2c(-c3ccc(C#N)c(F)c3)nc(C(=O)N3CC[C@H](N)C3)c2Cl)cc1. The number of carbonyl (C=O) groups excluding carboxylic acids is 1. The van der Waals surface area contributed by atoms with Crippen molar-refractivity contribution >= 4 is 17.5 Å². The summed E-state index contributed by atoms with van der Waals surface area (Å²) >= 11 is 6.64. The Balaban J connectivity index is 1.86. The molecule has 1 fully saturated rings. The fourth-order valence-corrected chi connectivity index (χ4v) is 3.86. The predicted molar refractivity (Wildman–Crippen MR) is 114 cm³/mol. The molecule has 4 rings (SSSR count). The third-order valence-corrected chi connectivity index (χ3v) is 5.56. The topological polar surface area (TPSA) is 97.2 Å². The van der Waals surface area contributed by atoms with Crippen molar-refractivity contribution in [2.45, 2.75) is 12.5 Å². The number of aromatic nitrogens is 2. The number of amides is 1. The second-order valence-corrected chi connectivity index (χ2v) is 7.57. The number of nitrogens with two attached hydrogens (primary N) is 1. The smallest absolute Gasteiger partial charge is 0.275 e. The van der Waals surface area contributed by atoms with Gasteiger partial charge in [-0.1, -0.05) is 11.6 Å². The highest BCUT2D eigenvalue weighted by Gasteiger charge is 2.30. The Morgan fingerprint density at radius 1 is 1.32 bits per heavy atom. The Bertz CT molecular complexity index is 1190. The van der Waals surface area contributed by atoms with Gasteiger partial charge in [-0.15, -0.1) is 0 Å². The van der Waals surface area contributed by atoms with Gasteiger partial charge in [-0.25, -0.2) is 9.37 Å². The van der Waals surface area contributed by atoms with Gasteiger partial charge in [0, 0.05) is 30.4 Å². The van der Waals surface area contributed by atoms with E-state index < -0.39 is 5.82 Å². The lowest BCUT2D eigenvalue weighted by Crippen LogP contribution is -2.32. The number of carbonyl (C=O) groups is 1. The average molecular weight is 440 g/mol. The molecule has 1 atom stereocenters. The highest BCUT2D eigenvalue weighted by Crippen LogP contribution is 2.32. The number of rotatable bonds is 4. The van der Waals surface area contributed by atoms with Crippen LogP contribution in [0.4, 0.5) is 4.39 Å². The lowest BCUT2D eigenvalue weighted by Gasteiger charge is -2.14. The molecule has 0 spiro atoms. The lowest BCUT2D eigenvalue weighted by atomic mass is 10.1. The van der Waals surface area contributed by atoms with E-state index in [-0.39, 0.29) is 34.2 Å². The number of halogens is 2. The number of hydrogen-bond donors (Lipinski definition) is 1. The molecule has 1 saturated heterocycles. The van der Waals surface area contributed by atoms with Crippen molar-refractivity contribution in [3.63, 3.8) is 0 Å². The van der Waals surface area contributed by atoms with Crippen molar-refractivity contribution in [2.24, 2.45) is 5.73 Å². The van der Waals surface area contributed by atoms with Gasteiger partial charge in [-0.3, -0.25) is 9.36 Å². The largest absolute Gasteiger partial charge is 0.497 e. The third-order valence-electron chi connectivity index (χ3n) is 5.21. The molecule has 0 aliphatic carbocycles. The molecular formula is C22H19ClFN5O2. The van der Waals surface area contributed by atoms with Gasteiger partial charge in [0.25, 0.3) is 5.91 Å². The van der Waals surface area contributed by atoms with E-state index in [1.54, 1.807) is 53.0 Å². The van der Waals surface area contributed by atoms with Gasteiger partial charge in [0.05, 0.1) is 12.7 Å². The van der Waals surface area contributed by atoms with E-state index in [1.165, 1.54) is 12.1 Å². The molecule has 31 heavy (non-hydrogen) atoms. The molecule has 0 unspecified atom stereocenters. The van der Waals surface area contributed by atoms with Gasteiger partial charge < -0.3 is 15.4 Å². The molecule has 1 aliphatic rings. The first-order valence-corrected chi connectivity index (χ1v) is 9.98. The normalized spacial score (nSPS) is 15.7. The molecule has 2 aromatic carbocycles. The molecule has 0 saturated carbocycles. The van der Waals surface area contributed by atoms with E-state index in [4.69, 9.17) is 27.3 Å². The minimum atomic E-state index is -0.682. The number of nitrogens with zero attached hydrogens (tertiary/aromatic N) is 4. The van der Waals surface area contributed by atoms with Crippen LogP contribution in [0.25, 0.3) is 17.1 Å². The minimum Gasteiger partial charge on any atom is -0.497 e. The van der Waals surface area contributed by atoms with Crippen LogP contribution in [0.3, 0.4) is 0 Å². The molecule has 2 heterocycles.